The number of ether oxygens (including phenoxy) is 1. The lowest BCUT2D eigenvalue weighted by Gasteiger charge is -2.26. The molecule has 2 aromatic carbocycles. The number of nitrogens with one attached hydrogen (secondary N) is 1. The van der Waals surface area contributed by atoms with E-state index in [1.165, 1.54) is 18.2 Å². The van der Waals surface area contributed by atoms with Crippen molar-refractivity contribution in [1.29, 1.82) is 0 Å². The number of benzene rings is 2. The third-order valence-corrected chi connectivity index (χ3v) is 7.66. The van der Waals surface area contributed by atoms with E-state index in [1.54, 1.807) is 18.2 Å². The molecular weight excluding hydrogens is 435 g/mol. The highest BCUT2D eigenvalue weighted by Gasteiger charge is 2.54. The van der Waals surface area contributed by atoms with Gasteiger partial charge in [0.1, 0.15) is 0 Å². The average molecular weight is 455 g/mol. The van der Waals surface area contributed by atoms with Gasteiger partial charge in [0, 0.05) is 5.69 Å². The van der Waals surface area contributed by atoms with Crippen LogP contribution in [0.3, 0.4) is 0 Å². The smallest absolute Gasteiger partial charge is 0.416 e. The zero-order valence-corrected chi connectivity index (χ0v) is 17.1. The van der Waals surface area contributed by atoms with Crippen molar-refractivity contribution in [2.75, 3.05) is 11.9 Å². The number of amides is 1. The minimum Gasteiger partial charge on any atom is -0.454 e. The first-order valence-electron chi connectivity index (χ1n) is 9.50. The SMILES string of the molecule is O=C(COC(=O)C1(S(=O)(=O)c2ccccc2)CCCC1)Nc1cccc(C(F)(F)F)c1. The molecule has 0 aliphatic heterocycles. The predicted molar refractivity (Wildman–Crippen MR) is 106 cm³/mol. The van der Waals surface area contributed by atoms with Gasteiger partial charge in [-0.05, 0) is 43.2 Å². The molecule has 0 bridgehead atoms. The fraction of sp³-hybridized carbons (Fsp3) is 0.333. The van der Waals surface area contributed by atoms with Gasteiger partial charge in [0.2, 0.25) is 0 Å². The number of rotatable bonds is 6. The number of alkyl halides is 3. The Labute approximate surface area is 177 Å². The predicted octanol–water partition coefficient (Wildman–Crippen LogP) is 3.97. The maximum Gasteiger partial charge on any atom is 0.416 e. The largest absolute Gasteiger partial charge is 0.454 e. The van der Waals surface area contributed by atoms with Gasteiger partial charge in [-0.3, -0.25) is 9.59 Å². The van der Waals surface area contributed by atoms with Crippen LogP contribution in [-0.4, -0.2) is 31.6 Å². The summed E-state index contributed by atoms with van der Waals surface area (Å²) in [6, 6.07) is 11.5. The van der Waals surface area contributed by atoms with Gasteiger partial charge in [-0.1, -0.05) is 37.1 Å². The van der Waals surface area contributed by atoms with Gasteiger partial charge >= 0.3 is 12.1 Å². The van der Waals surface area contributed by atoms with Gasteiger partial charge in [-0.15, -0.1) is 0 Å². The summed E-state index contributed by atoms with van der Waals surface area (Å²) < 4.78 is 67.9. The molecule has 0 atom stereocenters. The van der Waals surface area contributed by atoms with E-state index in [0.717, 1.165) is 18.2 Å². The number of carbonyl (C=O) groups excluding carboxylic acids is 2. The van der Waals surface area contributed by atoms with E-state index >= 15 is 0 Å². The summed E-state index contributed by atoms with van der Waals surface area (Å²) >= 11 is 0. The molecule has 1 aliphatic carbocycles. The summed E-state index contributed by atoms with van der Waals surface area (Å²) in [4.78, 5) is 24.9. The van der Waals surface area contributed by atoms with Crippen molar-refractivity contribution in [3.05, 3.63) is 60.2 Å². The number of esters is 1. The van der Waals surface area contributed by atoms with E-state index in [0.29, 0.717) is 12.8 Å². The summed E-state index contributed by atoms with van der Waals surface area (Å²) in [5.41, 5.74) is -1.07. The molecule has 0 radical (unpaired) electrons. The van der Waals surface area contributed by atoms with Gasteiger partial charge in [0.05, 0.1) is 10.5 Å². The molecular formula is C21H20F3NO5S. The van der Waals surface area contributed by atoms with Gasteiger partial charge < -0.3 is 10.1 Å². The Morgan fingerprint density at radius 2 is 1.65 bits per heavy atom. The van der Waals surface area contributed by atoms with Crippen molar-refractivity contribution >= 4 is 27.4 Å². The zero-order chi connectivity index (χ0) is 22.7. The zero-order valence-electron chi connectivity index (χ0n) is 16.3. The van der Waals surface area contributed by atoms with Crippen LogP contribution in [0.15, 0.2) is 59.5 Å². The molecule has 10 heteroatoms. The summed E-state index contributed by atoms with van der Waals surface area (Å²) in [6.45, 7) is -0.818. The van der Waals surface area contributed by atoms with Gasteiger partial charge in [0.15, 0.2) is 21.2 Å². The van der Waals surface area contributed by atoms with Crippen molar-refractivity contribution < 1.29 is 35.9 Å². The molecule has 0 unspecified atom stereocenters. The number of halogens is 3. The third-order valence-electron chi connectivity index (χ3n) is 5.16. The number of sulfone groups is 1. The minimum atomic E-state index is -4.58. The van der Waals surface area contributed by atoms with Crippen molar-refractivity contribution in [1.82, 2.24) is 0 Å². The first-order valence-corrected chi connectivity index (χ1v) is 11.0. The van der Waals surface area contributed by atoms with Crippen molar-refractivity contribution in [3.63, 3.8) is 0 Å². The van der Waals surface area contributed by atoms with E-state index in [9.17, 15) is 31.2 Å². The van der Waals surface area contributed by atoms with Crippen LogP contribution in [0.25, 0.3) is 0 Å². The summed E-state index contributed by atoms with van der Waals surface area (Å²) in [5.74, 6) is -1.91. The lowest BCUT2D eigenvalue weighted by atomic mass is 10.1. The highest BCUT2D eigenvalue weighted by Crippen LogP contribution is 2.41. The first-order chi connectivity index (χ1) is 14.6. The van der Waals surface area contributed by atoms with Crippen LogP contribution in [0.2, 0.25) is 0 Å². The quantitative estimate of drug-likeness (QED) is 0.666. The van der Waals surface area contributed by atoms with Crippen LogP contribution in [0.1, 0.15) is 31.2 Å². The van der Waals surface area contributed by atoms with Crippen molar-refractivity contribution in [2.45, 2.75) is 41.5 Å². The van der Waals surface area contributed by atoms with E-state index in [1.807, 2.05) is 0 Å². The number of hydrogen-bond donors (Lipinski definition) is 1. The molecule has 1 amide bonds. The Bertz CT molecular complexity index is 1060. The molecule has 1 N–H and O–H groups in total. The van der Waals surface area contributed by atoms with E-state index in [-0.39, 0.29) is 23.4 Å². The molecule has 3 rings (SSSR count). The van der Waals surface area contributed by atoms with E-state index < -0.39 is 44.8 Å². The minimum absolute atomic E-state index is 0.0118. The topological polar surface area (TPSA) is 89.5 Å². The Kier molecular flexibility index (Phi) is 6.40. The number of anilines is 1. The standard InChI is InChI=1S/C21H20F3NO5S/c22-21(23,24)15-7-6-8-16(13-15)25-18(26)14-30-19(27)20(11-4-5-12-20)31(28,29)17-9-2-1-3-10-17/h1-3,6-10,13H,4-5,11-12,14H2,(H,25,26). The molecule has 166 valence electrons. The third kappa shape index (κ3) is 4.73. The Hall–Kier alpha value is -2.88. The normalized spacial score (nSPS) is 16.0. The maximum absolute atomic E-state index is 13.2. The molecule has 2 aromatic rings. The number of carbonyl (C=O) groups is 2. The van der Waals surface area contributed by atoms with Crippen LogP contribution in [0, 0.1) is 0 Å². The molecule has 1 saturated carbocycles. The molecule has 1 aliphatic rings. The lowest BCUT2D eigenvalue weighted by Crippen LogP contribution is -2.46. The molecule has 31 heavy (non-hydrogen) atoms. The maximum atomic E-state index is 13.2. The second kappa shape index (κ2) is 8.70. The van der Waals surface area contributed by atoms with Crippen LogP contribution >= 0.6 is 0 Å². The van der Waals surface area contributed by atoms with Crippen molar-refractivity contribution in [2.24, 2.45) is 0 Å². The van der Waals surface area contributed by atoms with Gasteiger partial charge in [-0.25, -0.2) is 8.42 Å². The Morgan fingerprint density at radius 1 is 1.00 bits per heavy atom. The van der Waals surface area contributed by atoms with Crippen LogP contribution in [0.5, 0.6) is 0 Å². The molecule has 0 spiro atoms. The average Bonchev–Trinajstić information content (AvgIpc) is 3.24. The summed E-state index contributed by atoms with van der Waals surface area (Å²) in [7, 11) is -4.06. The van der Waals surface area contributed by atoms with Gasteiger partial charge in [0.25, 0.3) is 5.91 Å². The lowest BCUT2D eigenvalue weighted by molar-refractivity contribution is -0.150. The second-order valence-corrected chi connectivity index (χ2v) is 9.48. The van der Waals surface area contributed by atoms with Crippen molar-refractivity contribution in [3.8, 4) is 0 Å². The second-order valence-electron chi connectivity index (χ2n) is 7.22. The first kappa shape index (κ1) is 22.8. The number of hydrogen-bond acceptors (Lipinski definition) is 5. The summed E-state index contributed by atoms with van der Waals surface area (Å²) in [5, 5.41) is 2.22. The van der Waals surface area contributed by atoms with Gasteiger partial charge in [-0.2, -0.15) is 13.2 Å². The van der Waals surface area contributed by atoms with E-state index in [4.69, 9.17) is 4.74 Å². The molecule has 0 saturated heterocycles. The van der Waals surface area contributed by atoms with Crippen LogP contribution < -0.4 is 5.32 Å². The van der Waals surface area contributed by atoms with E-state index in [2.05, 4.69) is 5.32 Å². The molecule has 0 aromatic heterocycles. The monoisotopic (exact) mass is 455 g/mol. The molecule has 0 heterocycles. The van der Waals surface area contributed by atoms with Crippen LogP contribution in [-0.2, 0) is 30.3 Å². The summed E-state index contributed by atoms with van der Waals surface area (Å²) in [6.07, 6.45) is -3.42. The molecule has 6 nitrogen and oxygen atoms in total. The highest BCUT2D eigenvalue weighted by molar-refractivity contribution is 7.93. The Morgan fingerprint density at radius 3 is 2.26 bits per heavy atom. The fourth-order valence-corrected chi connectivity index (χ4v) is 5.66. The highest BCUT2D eigenvalue weighted by atomic mass is 32.2. The Balaban J connectivity index is 1.71. The fourth-order valence-electron chi connectivity index (χ4n) is 3.59. The van der Waals surface area contributed by atoms with Crippen LogP contribution in [0.4, 0.5) is 18.9 Å². The molecule has 1 fully saturated rings.